The Bertz CT molecular complexity index is 815. The largest absolute Gasteiger partial charge is 0.493 e. The van der Waals surface area contributed by atoms with Crippen molar-refractivity contribution in [1.82, 2.24) is 0 Å². The summed E-state index contributed by atoms with van der Waals surface area (Å²) in [5, 5.41) is 2.74. The summed E-state index contributed by atoms with van der Waals surface area (Å²) < 4.78 is 10.7. The highest BCUT2D eigenvalue weighted by atomic mass is 16.5. The van der Waals surface area contributed by atoms with Gasteiger partial charge < -0.3 is 20.5 Å². The predicted octanol–water partition coefficient (Wildman–Crippen LogP) is 2.78. The SMILES string of the molecule is C=CCc1cc(C(=O)Nc2cccc(C(N)=O)c2)cc(OC)c1OC. The smallest absolute Gasteiger partial charge is 0.255 e. The van der Waals surface area contributed by atoms with Crippen LogP contribution in [0.25, 0.3) is 0 Å². The summed E-state index contributed by atoms with van der Waals surface area (Å²) in [5.41, 5.74) is 7.23. The van der Waals surface area contributed by atoms with E-state index in [2.05, 4.69) is 11.9 Å². The van der Waals surface area contributed by atoms with E-state index in [0.29, 0.717) is 34.7 Å². The number of nitrogens with one attached hydrogen (secondary N) is 1. The Kier molecular flexibility index (Phi) is 5.79. The van der Waals surface area contributed by atoms with Crippen molar-refractivity contribution in [2.24, 2.45) is 5.73 Å². The van der Waals surface area contributed by atoms with Gasteiger partial charge in [0.2, 0.25) is 5.91 Å². The van der Waals surface area contributed by atoms with Gasteiger partial charge in [-0.3, -0.25) is 9.59 Å². The highest BCUT2D eigenvalue weighted by Gasteiger charge is 2.16. The molecule has 0 aliphatic rings. The molecule has 0 aliphatic heterocycles. The van der Waals surface area contributed by atoms with Gasteiger partial charge in [-0.1, -0.05) is 12.1 Å². The molecule has 0 aliphatic carbocycles. The van der Waals surface area contributed by atoms with Crippen molar-refractivity contribution in [3.8, 4) is 11.5 Å². The van der Waals surface area contributed by atoms with Gasteiger partial charge in [0.15, 0.2) is 11.5 Å². The normalized spacial score (nSPS) is 10.0. The van der Waals surface area contributed by atoms with Crippen LogP contribution in [0.5, 0.6) is 11.5 Å². The summed E-state index contributed by atoms with van der Waals surface area (Å²) >= 11 is 0. The van der Waals surface area contributed by atoms with Gasteiger partial charge >= 0.3 is 0 Å². The Labute approximate surface area is 146 Å². The topological polar surface area (TPSA) is 90.7 Å². The van der Waals surface area contributed by atoms with Crippen molar-refractivity contribution in [2.75, 3.05) is 19.5 Å². The van der Waals surface area contributed by atoms with E-state index in [-0.39, 0.29) is 5.91 Å². The van der Waals surface area contributed by atoms with Crippen molar-refractivity contribution >= 4 is 17.5 Å². The minimum Gasteiger partial charge on any atom is -0.493 e. The third kappa shape index (κ3) is 4.17. The molecule has 3 N–H and O–H groups in total. The molecule has 2 rings (SSSR count). The van der Waals surface area contributed by atoms with E-state index in [1.165, 1.54) is 13.2 Å². The maximum Gasteiger partial charge on any atom is 0.255 e. The molecule has 6 heteroatoms. The van der Waals surface area contributed by atoms with Crippen molar-refractivity contribution in [1.29, 1.82) is 0 Å². The number of ether oxygens (including phenoxy) is 2. The van der Waals surface area contributed by atoms with Gasteiger partial charge in [-0.25, -0.2) is 0 Å². The lowest BCUT2D eigenvalue weighted by atomic mass is 10.0. The molecule has 25 heavy (non-hydrogen) atoms. The number of allylic oxidation sites excluding steroid dienone is 1. The molecule has 0 spiro atoms. The second kappa shape index (κ2) is 8.01. The third-order valence-electron chi connectivity index (χ3n) is 3.59. The number of hydrogen-bond donors (Lipinski definition) is 2. The summed E-state index contributed by atoms with van der Waals surface area (Å²) in [7, 11) is 3.05. The fraction of sp³-hybridized carbons (Fsp3) is 0.158. The van der Waals surface area contributed by atoms with Crippen molar-refractivity contribution in [3.63, 3.8) is 0 Å². The number of benzene rings is 2. The predicted molar refractivity (Wildman–Crippen MR) is 96.4 cm³/mol. The first-order valence-electron chi connectivity index (χ1n) is 7.57. The number of hydrogen-bond acceptors (Lipinski definition) is 4. The number of methoxy groups -OCH3 is 2. The average Bonchev–Trinajstić information content (AvgIpc) is 2.61. The minimum absolute atomic E-state index is 0.317. The van der Waals surface area contributed by atoms with E-state index < -0.39 is 5.91 Å². The summed E-state index contributed by atoms with van der Waals surface area (Å²) in [6, 6.07) is 9.74. The minimum atomic E-state index is -0.560. The maximum atomic E-state index is 12.6. The molecule has 130 valence electrons. The molecule has 0 unspecified atom stereocenters. The second-order valence-electron chi connectivity index (χ2n) is 5.26. The molecule has 2 aromatic carbocycles. The summed E-state index contributed by atoms with van der Waals surface area (Å²) in [5.74, 6) is 0.121. The molecule has 0 saturated heterocycles. The number of amides is 2. The van der Waals surface area contributed by atoms with E-state index in [9.17, 15) is 9.59 Å². The standard InChI is InChI=1S/C19H20N2O4/c1-4-6-12-9-14(11-16(24-2)17(12)25-3)19(23)21-15-8-5-7-13(10-15)18(20)22/h4-5,7-11H,1,6H2,2-3H3,(H2,20,22)(H,21,23). The molecular weight excluding hydrogens is 320 g/mol. The van der Waals surface area contributed by atoms with Gasteiger partial charge in [0.05, 0.1) is 14.2 Å². The third-order valence-corrected chi connectivity index (χ3v) is 3.59. The first-order valence-corrected chi connectivity index (χ1v) is 7.57. The summed E-state index contributed by atoms with van der Waals surface area (Å²) in [6.45, 7) is 3.71. The lowest BCUT2D eigenvalue weighted by Crippen LogP contribution is -2.15. The van der Waals surface area contributed by atoms with Crippen molar-refractivity contribution in [3.05, 3.63) is 65.7 Å². The molecule has 2 aromatic rings. The zero-order valence-electron chi connectivity index (χ0n) is 14.2. The zero-order valence-corrected chi connectivity index (χ0v) is 14.2. The zero-order chi connectivity index (χ0) is 18.4. The van der Waals surface area contributed by atoms with Gasteiger partial charge in [0.1, 0.15) is 0 Å². The molecular formula is C19H20N2O4. The molecule has 6 nitrogen and oxygen atoms in total. The van der Waals surface area contributed by atoms with Gasteiger partial charge in [-0.05, 0) is 36.8 Å². The van der Waals surface area contributed by atoms with E-state index in [4.69, 9.17) is 15.2 Å². The van der Waals surface area contributed by atoms with E-state index in [1.807, 2.05) is 0 Å². The van der Waals surface area contributed by atoms with E-state index >= 15 is 0 Å². The van der Waals surface area contributed by atoms with Crippen LogP contribution in [0, 0.1) is 0 Å². The second-order valence-corrected chi connectivity index (χ2v) is 5.26. The van der Waals surface area contributed by atoms with E-state index in [1.54, 1.807) is 43.5 Å². The van der Waals surface area contributed by atoms with Crippen LogP contribution in [0.4, 0.5) is 5.69 Å². The van der Waals surface area contributed by atoms with Gasteiger partial charge in [0, 0.05) is 22.4 Å². The first-order chi connectivity index (χ1) is 12.0. The molecule has 0 saturated carbocycles. The lowest BCUT2D eigenvalue weighted by molar-refractivity contribution is 0.0996. The van der Waals surface area contributed by atoms with Gasteiger partial charge in [-0.2, -0.15) is 0 Å². The molecule has 2 amide bonds. The Morgan fingerprint density at radius 1 is 1.16 bits per heavy atom. The molecule has 0 bridgehead atoms. The van der Waals surface area contributed by atoms with Crippen LogP contribution in [0.3, 0.4) is 0 Å². The first kappa shape index (κ1) is 18.1. The van der Waals surface area contributed by atoms with Crippen LogP contribution in [-0.4, -0.2) is 26.0 Å². The summed E-state index contributed by atoms with van der Waals surface area (Å²) in [6.07, 6.45) is 2.24. The molecule has 0 atom stereocenters. The quantitative estimate of drug-likeness (QED) is 0.758. The summed E-state index contributed by atoms with van der Waals surface area (Å²) in [4.78, 5) is 23.8. The lowest BCUT2D eigenvalue weighted by Gasteiger charge is -2.14. The number of primary amides is 1. The van der Waals surface area contributed by atoms with Crippen molar-refractivity contribution in [2.45, 2.75) is 6.42 Å². The number of anilines is 1. The fourth-order valence-corrected chi connectivity index (χ4v) is 2.43. The van der Waals surface area contributed by atoms with Crippen molar-refractivity contribution < 1.29 is 19.1 Å². The van der Waals surface area contributed by atoms with Crippen LogP contribution in [0.15, 0.2) is 49.1 Å². The van der Waals surface area contributed by atoms with Gasteiger partial charge in [-0.15, -0.1) is 6.58 Å². The Hall–Kier alpha value is -3.28. The van der Waals surface area contributed by atoms with Crippen LogP contribution in [0.2, 0.25) is 0 Å². The molecule has 0 fully saturated rings. The van der Waals surface area contributed by atoms with Gasteiger partial charge in [0.25, 0.3) is 5.91 Å². The Morgan fingerprint density at radius 2 is 1.92 bits per heavy atom. The number of nitrogens with two attached hydrogens (primary N) is 1. The Balaban J connectivity index is 2.35. The molecule has 0 aromatic heterocycles. The highest BCUT2D eigenvalue weighted by Crippen LogP contribution is 2.33. The monoisotopic (exact) mass is 340 g/mol. The molecule has 0 heterocycles. The Morgan fingerprint density at radius 3 is 2.52 bits per heavy atom. The number of carbonyl (C=O) groups is 2. The van der Waals surface area contributed by atoms with Crippen LogP contribution in [-0.2, 0) is 6.42 Å². The fourth-order valence-electron chi connectivity index (χ4n) is 2.43. The molecule has 0 radical (unpaired) electrons. The number of rotatable bonds is 7. The number of carbonyl (C=O) groups excluding carboxylic acids is 2. The maximum absolute atomic E-state index is 12.6. The van der Waals surface area contributed by atoms with E-state index in [0.717, 1.165) is 5.56 Å². The van der Waals surface area contributed by atoms with Crippen LogP contribution < -0.4 is 20.5 Å². The van der Waals surface area contributed by atoms with Crippen LogP contribution >= 0.6 is 0 Å². The van der Waals surface area contributed by atoms with Crippen LogP contribution in [0.1, 0.15) is 26.3 Å². The highest BCUT2D eigenvalue weighted by molar-refractivity contribution is 6.05. The average molecular weight is 340 g/mol.